The van der Waals surface area contributed by atoms with Gasteiger partial charge < -0.3 is 14.5 Å². The summed E-state index contributed by atoms with van der Waals surface area (Å²) in [6.45, 7) is 1.46. The Morgan fingerprint density at radius 2 is 1.55 bits per heavy atom. The van der Waals surface area contributed by atoms with Crippen molar-refractivity contribution in [2.24, 2.45) is 0 Å². The number of nitro groups is 1. The average Bonchev–Trinajstić information content (AvgIpc) is 2.73. The van der Waals surface area contributed by atoms with Gasteiger partial charge in [0.25, 0.3) is 11.6 Å². The van der Waals surface area contributed by atoms with E-state index in [0.717, 1.165) is 0 Å². The number of benzene rings is 2. The van der Waals surface area contributed by atoms with E-state index in [4.69, 9.17) is 16.3 Å². The fourth-order valence-electron chi connectivity index (χ4n) is 3.09. The Morgan fingerprint density at radius 3 is 2.17 bits per heavy atom. The molecule has 0 saturated carbocycles. The second kappa shape index (κ2) is 9.38. The molecule has 0 aliphatic carbocycles. The Kier molecular flexibility index (Phi) is 6.66. The topological polar surface area (TPSA) is 93.0 Å². The van der Waals surface area contributed by atoms with Gasteiger partial charge in [-0.2, -0.15) is 0 Å². The summed E-state index contributed by atoms with van der Waals surface area (Å²) in [5, 5.41) is 11.7. The highest BCUT2D eigenvalue weighted by Gasteiger charge is 2.26. The van der Waals surface area contributed by atoms with Crippen LogP contribution in [0.2, 0.25) is 5.02 Å². The lowest BCUT2D eigenvalue weighted by atomic mass is 10.1. The molecule has 0 N–H and O–H groups in total. The molecule has 29 heavy (non-hydrogen) atoms. The van der Waals surface area contributed by atoms with Crippen LogP contribution in [0, 0.1) is 10.1 Å². The number of nitro benzene ring substituents is 1. The quantitative estimate of drug-likeness (QED) is 0.532. The minimum Gasteiger partial charge on any atom is -0.484 e. The molecule has 0 radical (unpaired) electrons. The number of amides is 2. The number of ether oxygens (including phenoxy) is 1. The van der Waals surface area contributed by atoms with Gasteiger partial charge in [0.15, 0.2) is 6.61 Å². The number of hydrogen-bond donors (Lipinski definition) is 0. The zero-order chi connectivity index (χ0) is 20.8. The maximum Gasteiger partial charge on any atom is 0.273 e. The second-order valence-corrected chi connectivity index (χ2v) is 7.00. The molecule has 1 aliphatic heterocycles. The Balaban J connectivity index is 1.48. The minimum absolute atomic E-state index is 0.0369. The first-order chi connectivity index (χ1) is 13.9. The molecule has 0 bridgehead atoms. The van der Waals surface area contributed by atoms with Gasteiger partial charge in [0.2, 0.25) is 5.91 Å². The van der Waals surface area contributed by atoms with Crippen LogP contribution < -0.4 is 4.74 Å². The van der Waals surface area contributed by atoms with Crippen LogP contribution in [0.15, 0.2) is 48.5 Å². The summed E-state index contributed by atoms with van der Waals surface area (Å²) in [4.78, 5) is 38.7. The van der Waals surface area contributed by atoms with Gasteiger partial charge in [-0.05, 0) is 24.3 Å². The molecule has 1 aliphatic rings. The Bertz CT molecular complexity index is 895. The van der Waals surface area contributed by atoms with Crippen LogP contribution in [0.3, 0.4) is 0 Å². The first kappa shape index (κ1) is 20.6. The first-order valence-corrected chi connectivity index (χ1v) is 9.48. The van der Waals surface area contributed by atoms with Crippen molar-refractivity contribution in [1.82, 2.24) is 9.80 Å². The SMILES string of the molecule is O=C(COc1ccc(Cl)cc1)N1CCN(C(=O)Cc2ccccc2[N+](=O)[O-])CC1. The molecule has 1 fully saturated rings. The summed E-state index contributed by atoms with van der Waals surface area (Å²) in [7, 11) is 0. The zero-order valence-corrected chi connectivity index (χ0v) is 16.4. The van der Waals surface area contributed by atoms with Gasteiger partial charge in [0.1, 0.15) is 5.75 Å². The number of nitrogens with zero attached hydrogens (tertiary/aromatic N) is 3. The standard InChI is InChI=1S/C20H20ClN3O5/c21-16-5-7-17(8-6-16)29-14-20(26)23-11-9-22(10-12-23)19(25)13-15-3-1-2-4-18(15)24(27)28/h1-8H,9-14H2. The molecule has 2 aromatic carbocycles. The number of rotatable bonds is 6. The predicted octanol–water partition coefficient (Wildman–Crippen LogP) is 2.54. The summed E-state index contributed by atoms with van der Waals surface area (Å²) in [6, 6.07) is 13.0. The van der Waals surface area contributed by atoms with Gasteiger partial charge in [-0.3, -0.25) is 19.7 Å². The molecule has 0 unspecified atom stereocenters. The van der Waals surface area contributed by atoms with E-state index >= 15 is 0 Å². The van der Waals surface area contributed by atoms with E-state index in [0.29, 0.717) is 42.5 Å². The van der Waals surface area contributed by atoms with E-state index in [1.807, 2.05) is 0 Å². The highest BCUT2D eigenvalue weighted by Crippen LogP contribution is 2.19. The van der Waals surface area contributed by atoms with Crippen molar-refractivity contribution < 1.29 is 19.2 Å². The average molecular weight is 418 g/mol. The molecule has 1 saturated heterocycles. The normalized spacial score (nSPS) is 13.8. The maximum absolute atomic E-state index is 12.5. The molecule has 8 nitrogen and oxygen atoms in total. The molecular weight excluding hydrogens is 398 g/mol. The lowest BCUT2D eigenvalue weighted by molar-refractivity contribution is -0.385. The van der Waals surface area contributed by atoms with Crippen molar-refractivity contribution in [3.63, 3.8) is 0 Å². The van der Waals surface area contributed by atoms with Crippen molar-refractivity contribution in [3.05, 3.63) is 69.2 Å². The Hall–Kier alpha value is -3.13. The smallest absolute Gasteiger partial charge is 0.273 e. The summed E-state index contributed by atoms with van der Waals surface area (Å²) in [6.07, 6.45) is -0.0369. The molecule has 2 aromatic rings. The fourth-order valence-corrected chi connectivity index (χ4v) is 3.21. The zero-order valence-electron chi connectivity index (χ0n) is 15.6. The van der Waals surface area contributed by atoms with Crippen LogP contribution in [0.25, 0.3) is 0 Å². The molecular formula is C20H20ClN3O5. The number of para-hydroxylation sites is 1. The summed E-state index contributed by atoms with van der Waals surface area (Å²) >= 11 is 5.81. The molecule has 2 amide bonds. The summed E-state index contributed by atoms with van der Waals surface area (Å²) in [5.74, 6) is 0.204. The third-order valence-electron chi connectivity index (χ3n) is 4.69. The van der Waals surface area contributed by atoms with Crippen molar-refractivity contribution >= 4 is 29.1 Å². The third-order valence-corrected chi connectivity index (χ3v) is 4.94. The van der Waals surface area contributed by atoms with Gasteiger partial charge in [-0.25, -0.2) is 0 Å². The van der Waals surface area contributed by atoms with Crippen molar-refractivity contribution in [1.29, 1.82) is 0 Å². The van der Waals surface area contributed by atoms with E-state index in [2.05, 4.69) is 0 Å². The number of halogens is 1. The highest BCUT2D eigenvalue weighted by atomic mass is 35.5. The van der Waals surface area contributed by atoms with Crippen molar-refractivity contribution in [2.75, 3.05) is 32.8 Å². The highest BCUT2D eigenvalue weighted by molar-refractivity contribution is 6.30. The Labute approximate surface area is 172 Å². The molecule has 152 valence electrons. The van der Waals surface area contributed by atoms with Crippen molar-refractivity contribution in [3.8, 4) is 5.75 Å². The van der Waals surface area contributed by atoms with Crippen LogP contribution in [0.1, 0.15) is 5.56 Å². The third kappa shape index (κ3) is 5.45. The monoisotopic (exact) mass is 417 g/mol. The van der Waals surface area contributed by atoms with Crippen LogP contribution in [0.5, 0.6) is 5.75 Å². The van der Waals surface area contributed by atoms with Gasteiger partial charge in [0.05, 0.1) is 11.3 Å². The number of carbonyl (C=O) groups excluding carboxylic acids is 2. The van der Waals surface area contributed by atoms with E-state index in [-0.39, 0.29) is 30.5 Å². The lowest BCUT2D eigenvalue weighted by Crippen LogP contribution is -2.52. The number of carbonyl (C=O) groups is 2. The molecule has 0 aromatic heterocycles. The largest absolute Gasteiger partial charge is 0.484 e. The van der Waals surface area contributed by atoms with E-state index in [1.165, 1.54) is 6.07 Å². The summed E-state index contributed by atoms with van der Waals surface area (Å²) < 4.78 is 5.47. The molecule has 9 heteroatoms. The van der Waals surface area contributed by atoms with Crippen LogP contribution in [0.4, 0.5) is 5.69 Å². The van der Waals surface area contributed by atoms with Gasteiger partial charge in [-0.15, -0.1) is 0 Å². The first-order valence-electron chi connectivity index (χ1n) is 9.10. The van der Waals surface area contributed by atoms with Gasteiger partial charge in [-0.1, -0.05) is 29.8 Å². The van der Waals surface area contributed by atoms with E-state index < -0.39 is 4.92 Å². The Morgan fingerprint density at radius 1 is 0.966 bits per heavy atom. The van der Waals surface area contributed by atoms with Gasteiger partial charge >= 0.3 is 0 Å². The second-order valence-electron chi connectivity index (χ2n) is 6.57. The lowest BCUT2D eigenvalue weighted by Gasteiger charge is -2.34. The fraction of sp³-hybridized carbons (Fsp3) is 0.300. The van der Waals surface area contributed by atoms with Gasteiger partial charge in [0, 0.05) is 42.8 Å². The maximum atomic E-state index is 12.5. The molecule has 3 rings (SSSR count). The number of piperazine rings is 1. The molecule has 0 atom stereocenters. The minimum atomic E-state index is -0.486. The summed E-state index contributed by atoms with van der Waals surface area (Å²) in [5.41, 5.74) is 0.325. The van der Waals surface area contributed by atoms with E-state index in [1.54, 1.807) is 52.3 Å². The molecule has 1 heterocycles. The van der Waals surface area contributed by atoms with Crippen molar-refractivity contribution in [2.45, 2.75) is 6.42 Å². The predicted molar refractivity (Wildman–Crippen MR) is 107 cm³/mol. The van der Waals surface area contributed by atoms with E-state index in [9.17, 15) is 19.7 Å². The molecule has 0 spiro atoms. The van der Waals surface area contributed by atoms with Crippen LogP contribution in [-0.4, -0.2) is 59.3 Å². The van der Waals surface area contributed by atoms with Crippen LogP contribution >= 0.6 is 11.6 Å². The van der Waals surface area contributed by atoms with Crippen LogP contribution in [-0.2, 0) is 16.0 Å². The number of hydrogen-bond acceptors (Lipinski definition) is 5.